The van der Waals surface area contributed by atoms with Crippen LogP contribution in [0.25, 0.3) is 0 Å². The average molecular weight is 215 g/mol. The van der Waals surface area contributed by atoms with E-state index in [4.69, 9.17) is 0 Å². The van der Waals surface area contributed by atoms with Crippen LogP contribution >= 0.6 is 0 Å². The second kappa shape index (κ2) is 3.55. The Morgan fingerprint density at radius 3 is 2.56 bits per heavy atom. The molecule has 1 heterocycles. The molecule has 0 radical (unpaired) electrons. The lowest BCUT2D eigenvalue weighted by Crippen LogP contribution is -2.29. The standard InChI is InChI=1S/C14H17NO/c1-9-10-7-5-6-8-11(10)15-13(16)12(9)14(2,3)4/h5-8,10H,1-4H3. The number of carbonyl (C=O) groups is 1. The topological polar surface area (TPSA) is 29.4 Å². The van der Waals surface area contributed by atoms with E-state index in [1.807, 2.05) is 25.2 Å². The van der Waals surface area contributed by atoms with E-state index in [0.29, 0.717) is 0 Å². The van der Waals surface area contributed by atoms with Crippen LogP contribution in [-0.2, 0) is 4.79 Å². The van der Waals surface area contributed by atoms with E-state index in [1.165, 1.54) is 0 Å². The zero-order valence-corrected chi connectivity index (χ0v) is 10.2. The van der Waals surface area contributed by atoms with Gasteiger partial charge in [0.15, 0.2) is 0 Å². The number of dihydropyridines is 1. The predicted molar refractivity (Wildman–Crippen MR) is 66.4 cm³/mol. The lowest BCUT2D eigenvalue weighted by molar-refractivity contribution is -0.115. The third kappa shape index (κ3) is 1.69. The van der Waals surface area contributed by atoms with E-state index in [1.54, 1.807) is 0 Å². The second-order valence-electron chi connectivity index (χ2n) is 5.37. The summed E-state index contributed by atoms with van der Waals surface area (Å²) in [4.78, 5) is 16.2. The van der Waals surface area contributed by atoms with Gasteiger partial charge in [-0.1, -0.05) is 44.6 Å². The monoisotopic (exact) mass is 215 g/mol. The van der Waals surface area contributed by atoms with Gasteiger partial charge in [0.25, 0.3) is 5.91 Å². The Bertz CT molecular complexity index is 456. The molecule has 0 N–H and O–H groups in total. The van der Waals surface area contributed by atoms with Crippen molar-refractivity contribution in [3.05, 3.63) is 35.5 Å². The van der Waals surface area contributed by atoms with Crippen LogP contribution in [0.4, 0.5) is 0 Å². The summed E-state index contributed by atoms with van der Waals surface area (Å²) < 4.78 is 0. The summed E-state index contributed by atoms with van der Waals surface area (Å²) in [6.07, 6.45) is 7.97. The van der Waals surface area contributed by atoms with Crippen molar-refractivity contribution < 1.29 is 4.79 Å². The highest BCUT2D eigenvalue weighted by Gasteiger charge is 2.33. The molecule has 1 aliphatic carbocycles. The first-order valence-corrected chi connectivity index (χ1v) is 5.60. The number of allylic oxidation sites excluding steroid dienone is 5. The Morgan fingerprint density at radius 2 is 1.94 bits per heavy atom. The number of nitrogens with zero attached hydrogens (tertiary/aromatic N) is 1. The largest absolute Gasteiger partial charge is 0.273 e. The molecule has 1 amide bonds. The molecule has 0 fully saturated rings. The Kier molecular flexibility index (Phi) is 2.45. The average Bonchev–Trinajstić information content (AvgIpc) is 2.15. The molecule has 16 heavy (non-hydrogen) atoms. The minimum atomic E-state index is -0.134. The predicted octanol–water partition coefficient (Wildman–Crippen LogP) is 3.07. The molecule has 0 aromatic heterocycles. The first kappa shape index (κ1) is 11.1. The summed E-state index contributed by atoms with van der Waals surface area (Å²) in [5.74, 6) is 0.119. The molecule has 0 aromatic rings. The van der Waals surface area contributed by atoms with E-state index in [-0.39, 0.29) is 17.2 Å². The minimum Gasteiger partial charge on any atom is -0.267 e. The number of hydrogen-bond donors (Lipinski definition) is 0. The molecule has 2 nitrogen and oxygen atoms in total. The molecule has 0 saturated heterocycles. The van der Waals surface area contributed by atoms with Crippen molar-refractivity contribution in [2.75, 3.05) is 0 Å². The van der Waals surface area contributed by atoms with Crippen LogP contribution in [0.15, 0.2) is 40.4 Å². The molecular weight excluding hydrogens is 198 g/mol. The summed E-state index contributed by atoms with van der Waals surface area (Å²) in [5, 5.41) is 0. The van der Waals surface area contributed by atoms with Gasteiger partial charge in [-0.3, -0.25) is 4.79 Å². The lowest BCUT2D eigenvalue weighted by atomic mass is 9.76. The normalized spacial score (nSPS) is 24.6. The van der Waals surface area contributed by atoms with Gasteiger partial charge in [0.2, 0.25) is 0 Å². The van der Waals surface area contributed by atoms with E-state index in [9.17, 15) is 4.79 Å². The summed E-state index contributed by atoms with van der Waals surface area (Å²) in [5.41, 5.74) is 2.74. The Hall–Kier alpha value is -1.44. The SMILES string of the molecule is CC1=C(C(C)(C)C)C(=O)N=C2C=CC=CC21. The highest BCUT2D eigenvalue weighted by Crippen LogP contribution is 2.36. The molecule has 0 aromatic carbocycles. The van der Waals surface area contributed by atoms with Gasteiger partial charge in [-0.2, -0.15) is 0 Å². The molecule has 84 valence electrons. The van der Waals surface area contributed by atoms with Crippen LogP contribution in [0, 0.1) is 11.3 Å². The van der Waals surface area contributed by atoms with E-state index < -0.39 is 0 Å². The van der Waals surface area contributed by atoms with Crippen molar-refractivity contribution in [2.45, 2.75) is 27.7 Å². The second-order valence-corrected chi connectivity index (χ2v) is 5.37. The van der Waals surface area contributed by atoms with Crippen molar-refractivity contribution in [1.82, 2.24) is 0 Å². The minimum absolute atomic E-state index is 0.0730. The van der Waals surface area contributed by atoms with Crippen LogP contribution in [-0.4, -0.2) is 11.6 Å². The number of fused-ring (bicyclic) bond motifs is 1. The molecule has 1 unspecified atom stereocenters. The number of rotatable bonds is 0. The first-order valence-electron chi connectivity index (χ1n) is 5.60. The molecule has 2 aliphatic rings. The van der Waals surface area contributed by atoms with Crippen LogP contribution < -0.4 is 0 Å². The van der Waals surface area contributed by atoms with Crippen molar-refractivity contribution in [3.63, 3.8) is 0 Å². The third-order valence-corrected chi connectivity index (χ3v) is 3.06. The Balaban J connectivity index is 2.52. The summed E-state index contributed by atoms with van der Waals surface area (Å²) >= 11 is 0. The highest BCUT2D eigenvalue weighted by atomic mass is 16.1. The molecule has 0 bridgehead atoms. The fourth-order valence-electron chi connectivity index (χ4n) is 2.41. The molecular formula is C14H17NO. The number of hydrogen-bond acceptors (Lipinski definition) is 1. The van der Waals surface area contributed by atoms with Crippen molar-refractivity contribution in [2.24, 2.45) is 16.3 Å². The maximum atomic E-state index is 12.0. The number of amides is 1. The van der Waals surface area contributed by atoms with Gasteiger partial charge >= 0.3 is 0 Å². The van der Waals surface area contributed by atoms with Crippen molar-refractivity contribution >= 4 is 11.6 Å². The fourth-order valence-corrected chi connectivity index (χ4v) is 2.41. The zero-order chi connectivity index (χ0) is 11.9. The molecule has 1 aliphatic heterocycles. The van der Waals surface area contributed by atoms with Gasteiger partial charge in [-0.25, -0.2) is 4.99 Å². The van der Waals surface area contributed by atoms with Crippen molar-refractivity contribution in [3.8, 4) is 0 Å². The van der Waals surface area contributed by atoms with Crippen LogP contribution in [0.3, 0.4) is 0 Å². The Morgan fingerprint density at radius 1 is 1.25 bits per heavy atom. The number of aliphatic imine (C=N–C) groups is 1. The summed E-state index contributed by atoms with van der Waals surface area (Å²) in [7, 11) is 0. The van der Waals surface area contributed by atoms with Crippen molar-refractivity contribution in [1.29, 1.82) is 0 Å². The lowest BCUT2D eigenvalue weighted by Gasteiger charge is -2.30. The smallest absolute Gasteiger partial charge is 0.267 e. The maximum Gasteiger partial charge on any atom is 0.273 e. The number of carbonyl (C=O) groups excluding carboxylic acids is 1. The molecule has 2 heteroatoms. The summed E-state index contributed by atoms with van der Waals surface area (Å²) in [6.45, 7) is 8.23. The third-order valence-electron chi connectivity index (χ3n) is 3.06. The van der Waals surface area contributed by atoms with Crippen LogP contribution in [0.1, 0.15) is 27.7 Å². The van der Waals surface area contributed by atoms with E-state index >= 15 is 0 Å². The van der Waals surface area contributed by atoms with Crippen LogP contribution in [0.5, 0.6) is 0 Å². The molecule has 0 spiro atoms. The zero-order valence-electron chi connectivity index (χ0n) is 10.2. The van der Waals surface area contributed by atoms with Gasteiger partial charge < -0.3 is 0 Å². The van der Waals surface area contributed by atoms with Gasteiger partial charge in [0.1, 0.15) is 0 Å². The van der Waals surface area contributed by atoms with Gasteiger partial charge in [-0.05, 0) is 18.4 Å². The quantitative estimate of drug-likeness (QED) is 0.610. The maximum absolute atomic E-state index is 12.0. The fraction of sp³-hybridized carbons (Fsp3) is 0.429. The van der Waals surface area contributed by atoms with Crippen LogP contribution in [0.2, 0.25) is 0 Å². The van der Waals surface area contributed by atoms with Gasteiger partial charge in [0, 0.05) is 11.5 Å². The van der Waals surface area contributed by atoms with Gasteiger partial charge in [0.05, 0.1) is 5.71 Å². The van der Waals surface area contributed by atoms with Gasteiger partial charge in [-0.15, -0.1) is 0 Å². The first-order chi connectivity index (χ1) is 7.41. The summed E-state index contributed by atoms with van der Waals surface area (Å²) in [6, 6.07) is 0. The molecule has 2 rings (SSSR count). The molecule has 0 saturated carbocycles. The molecule has 1 atom stereocenters. The Labute approximate surface area is 96.5 Å². The van der Waals surface area contributed by atoms with E-state index in [0.717, 1.165) is 16.9 Å². The highest BCUT2D eigenvalue weighted by molar-refractivity contribution is 6.14. The van der Waals surface area contributed by atoms with E-state index in [2.05, 4.69) is 31.8 Å².